The van der Waals surface area contributed by atoms with Crippen LogP contribution in [0.25, 0.3) is 33.9 Å². The lowest BCUT2D eigenvalue weighted by atomic mass is 10.0. The van der Waals surface area contributed by atoms with Gasteiger partial charge in [-0.05, 0) is 80.6 Å². The summed E-state index contributed by atoms with van der Waals surface area (Å²) in [5.74, 6) is 0.717. The molecule has 0 radical (unpaired) electrons. The minimum absolute atomic E-state index is 0.717. The third-order valence-corrected chi connectivity index (χ3v) is 11.9. The van der Waals surface area contributed by atoms with E-state index in [9.17, 15) is 0 Å². The van der Waals surface area contributed by atoms with Gasteiger partial charge in [-0.3, -0.25) is 0 Å². The van der Waals surface area contributed by atoms with Crippen molar-refractivity contribution < 1.29 is 0 Å². The number of rotatable bonds is 7. The van der Waals surface area contributed by atoms with E-state index in [1.807, 2.05) is 6.07 Å². The van der Waals surface area contributed by atoms with Gasteiger partial charge in [0, 0.05) is 36.3 Å². The highest BCUT2D eigenvalue weighted by Crippen LogP contribution is 2.73. The Morgan fingerprint density at radius 3 is 1.29 bits per heavy atom. The maximum atomic E-state index is 5.22. The molecule has 0 atom stereocenters. The predicted octanol–water partition coefficient (Wildman–Crippen LogP) is 11.4. The molecule has 218 valence electrons. The summed E-state index contributed by atoms with van der Waals surface area (Å²) < 4.78 is 0. The number of hydrogen-bond acceptors (Lipinski definition) is 2. The largest absolute Gasteiger partial charge is 0.228 e. The van der Waals surface area contributed by atoms with Crippen LogP contribution in [0.5, 0.6) is 0 Å². The first-order valence-corrected chi connectivity index (χ1v) is 16.9. The highest BCUT2D eigenvalue weighted by Gasteiger charge is 2.33. The molecule has 2 nitrogen and oxygen atoms in total. The summed E-state index contributed by atoms with van der Waals surface area (Å²) >= 11 is 0. The number of aryl methyl sites for hydroxylation is 2. The van der Waals surface area contributed by atoms with Crippen LogP contribution in [-0.2, 0) is 0 Å². The molecule has 0 bridgehead atoms. The van der Waals surface area contributed by atoms with E-state index in [4.69, 9.17) is 9.97 Å². The Labute approximate surface area is 267 Å². The van der Waals surface area contributed by atoms with Crippen molar-refractivity contribution in [3.8, 4) is 33.9 Å². The second-order valence-corrected chi connectivity index (χ2v) is 14.4. The predicted molar refractivity (Wildman–Crippen MR) is 188 cm³/mol. The number of hydrogen-bond donors (Lipinski definition) is 0. The summed E-state index contributed by atoms with van der Waals surface area (Å²) in [5.41, 5.74) is 7.43. The van der Waals surface area contributed by atoms with Gasteiger partial charge in [0.15, 0.2) is 5.82 Å². The van der Waals surface area contributed by atoms with Crippen LogP contribution in [0.2, 0.25) is 0 Å². The van der Waals surface area contributed by atoms with E-state index in [-0.39, 0.29) is 0 Å². The first-order chi connectivity index (χ1) is 22.1. The lowest BCUT2D eigenvalue weighted by Crippen LogP contribution is -2.05. The molecule has 0 fully saturated rings. The standard InChI is InChI=1S/C42H34N2S/c1-31-26-32(2)28-35(27-31)41-30-40(33-16-7-3-8-17-33)43-42(44-41)34-18-15-25-39(29-34)45(36-19-9-4-10-20-36,37-21-11-5-12-22-37)38-23-13-6-14-24-38/h3-30H,1-2H3. The Balaban J connectivity index is 1.49. The lowest BCUT2D eigenvalue weighted by molar-refractivity contribution is 1.17. The summed E-state index contributed by atoms with van der Waals surface area (Å²) in [4.78, 5) is 15.5. The van der Waals surface area contributed by atoms with Crippen LogP contribution in [0.1, 0.15) is 11.1 Å². The number of aromatic nitrogens is 2. The van der Waals surface area contributed by atoms with Crippen molar-refractivity contribution in [2.75, 3.05) is 0 Å². The van der Waals surface area contributed by atoms with Crippen LogP contribution in [0.3, 0.4) is 0 Å². The van der Waals surface area contributed by atoms with Gasteiger partial charge in [-0.15, -0.1) is 10.0 Å². The molecule has 3 heteroatoms. The van der Waals surface area contributed by atoms with E-state index >= 15 is 0 Å². The van der Waals surface area contributed by atoms with Crippen molar-refractivity contribution in [3.05, 3.63) is 181 Å². The Bertz CT molecular complexity index is 1940. The normalized spacial score (nSPS) is 11.7. The van der Waals surface area contributed by atoms with Crippen LogP contribution in [0, 0.1) is 13.8 Å². The summed E-state index contributed by atoms with van der Waals surface area (Å²) in [5, 5.41) is 0. The van der Waals surface area contributed by atoms with Crippen molar-refractivity contribution in [2.45, 2.75) is 33.4 Å². The Hall–Kier alpha value is -5.25. The van der Waals surface area contributed by atoms with Crippen molar-refractivity contribution in [1.29, 1.82) is 0 Å². The van der Waals surface area contributed by atoms with Crippen LogP contribution < -0.4 is 0 Å². The van der Waals surface area contributed by atoms with E-state index in [0.29, 0.717) is 0 Å². The van der Waals surface area contributed by atoms with Gasteiger partial charge in [-0.1, -0.05) is 114 Å². The summed E-state index contributed by atoms with van der Waals surface area (Å²) in [6.45, 7) is 4.28. The molecule has 45 heavy (non-hydrogen) atoms. The fourth-order valence-electron chi connectivity index (χ4n) is 6.12. The van der Waals surface area contributed by atoms with Crippen molar-refractivity contribution in [2.24, 2.45) is 0 Å². The molecule has 0 aliphatic heterocycles. The Kier molecular flexibility index (Phi) is 7.85. The molecule has 0 unspecified atom stereocenters. The van der Waals surface area contributed by atoms with Gasteiger partial charge in [-0.25, -0.2) is 9.97 Å². The van der Waals surface area contributed by atoms with Crippen LogP contribution >= 0.6 is 10.0 Å². The molecule has 0 saturated carbocycles. The molecule has 0 amide bonds. The van der Waals surface area contributed by atoms with Gasteiger partial charge in [0.1, 0.15) is 0 Å². The van der Waals surface area contributed by atoms with E-state index < -0.39 is 10.0 Å². The molecular formula is C42H34N2S. The average molecular weight is 599 g/mol. The first-order valence-electron chi connectivity index (χ1n) is 15.2. The first kappa shape index (κ1) is 28.5. The Morgan fingerprint density at radius 2 is 0.778 bits per heavy atom. The van der Waals surface area contributed by atoms with Crippen molar-refractivity contribution in [1.82, 2.24) is 9.97 Å². The maximum absolute atomic E-state index is 5.22. The highest BCUT2D eigenvalue weighted by atomic mass is 32.3. The van der Waals surface area contributed by atoms with Crippen LogP contribution in [-0.4, -0.2) is 9.97 Å². The van der Waals surface area contributed by atoms with Gasteiger partial charge in [0.25, 0.3) is 0 Å². The average Bonchev–Trinajstić information content (AvgIpc) is 3.10. The number of nitrogens with zero attached hydrogens (tertiary/aromatic N) is 2. The third-order valence-electron chi connectivity index (χ3n) is 8.05. The number of benzene rings is 6. The monoisotopic (exact) mass is 598 g/mol. The molecule has 0 spiro atoms. The Morgan fingerprint density at radius 1 is 0.356 bits per heavy atom. The summed E-state index contributed by atoms with van der Waals surface area (Å²) in [6, 6.07) is 60.8. The molecule has 6 aromatic carbocycles. The van der Waals surface area contributed by atoms with Gasteiger partial charge >= 0.3 is 0 Å². The molecule has 7 aromatic rings. The van der Waals surface area contributed by atoms with Crippen molar-refractivity contribution in [3.63, 3.8) is 0 Å². The zero-order chi connectivity index (χ0) is 30.6. The molecule has 7 rings (SSSR count). The second-order valence-electron chi connectivity index (χ2n) is 11.3. The minimum Gasteiger partial charge on any atom is -0.228 e. The molecule has 1 aromatic heterocycles. The van der Waals surface area contributed by atoms with Gasteiger partial charge < -0.3 is 0 Å². The van der Waals surface area contributed by atoms with E-state index in [0.717, 1.165) is 33.9 Å². The van der Waals surface area contributed by atoms with Gasteiger partial charge in [0.05, 0.1) is 11.4 Å². The van der Waals surface area contributed by atoms with Gasteiger partial charge in [-0.2, -0.15) is 0 Å². The molecule has 0 aliphatic carbocycles. The van der Waals surface area contributed by atoms with Crippen LogP contribution in [0.15, 0.2) is 189 Å². The maximum Gasteiger partial charge on any atom is 0.160 e. The minimum atomic E-state index is -1.83. The summed E-state index contributed by atoms with van der Waals surface area (Å²) in [7, 11) is -1.83. The highest BCUT2D eigenvalue weighted by molar-refractivity contribution is 8.34. The van der Waals surface area contributed by atoms with E-state index in [2.05, 4.69) is 178 Å². The quantitative estimate of drug-likeness (QED) is 0.182. The fraction of sp³-hybridized carbons (Fsp3) is 0.0476. The molecule has 0 aliphatic rings. The van der Waals surface area contributed by atoms with E-state index in [1.54, 1.807) is 0 Å². The zero-order valence-corrected chi connectivity index (χ0v) is 26.3. The van der Waals surface area contributed by atoms with E-state index in [1.165, 1.54) is 30.7 Å². The second kappa shape index (κ2) is 12.4. The third kappa shape index (κ3) is 5.59. The summed E-state index contributed by atoms with van der Waals surface area (Å²) in [6.07, 6.45) is 0. The topological polar surface area (TPSA) is 25.8 Å². The lowest BCUT2D eigenvalue weighted by Gasteiger charge is -2.42. The SMILES string of the molecule is Cc1cc(C)cc(-c2cc(-c3ccccc3)nc(-c3cccc(S(c4ccccc4)(c4ccccc4)c4ccccc4)c3)n2)c1. The van der Waals surface area contributed by atoms with Crippen molar-refractivity contribution >= 4 is 10.0 Å². The molecule has 1 heterocycles. The molecule has 0 N–H and O–H groups in total. The molecular weight excluding hydrogens is 565 g/mol. The smallest absolute Gasteiger partial charge is 0.160 e. The van der Waals surface area contributed by atoms with Gasteiger partial charge in [0.2, 0.25) is 0 Å². The molecule has 0 saturated heterocycles. The van der Waals surface area contributed by atoms with Crippen LogP contribution in [0.4, 0.5) is 0 Å². The zero-order valence-electron chi connectivity index (χ0n) is 25.5. The fourth-order valence-corrected chi connectivity index (χ4v) is 10.0.